The van der Waals surface area contributed by atoms with Gasteiger partial charge >= 0.3 is 12.2 Å². The van der Waals surface area contributed by atoms with Gasteiger partial charge in [0.2, 0.25) is 0 Å². The Morgan fingerprint density at radius 1 is 1.17 bits per heavy atom. The van der Waals surface area contributed by atoms with Crippen LogP contribution in [-0.4, -0.2) is 55.8 Å². The number of hydrogen-bond donors (Lipinski definition) is 2. The molecule has 0 spiro atoms. The number of carboxylic acid groups (broad SMARTS) is 1. The topological polar surface area (TPSA) is 98.8 Å². The first-order chi connectivity index (χ1) is 16.6. The van der Waals surface area contributed by atoms with E-state index < -0.39 is 11.7 Å². The van der Waals surface area contributed by atoms with E-state index in [9.17, 15) is 14.7 Å². The van der Waals surface area contributed by atoms with Crippen LogP contribution in [0.1, 0.15) is 61.9 Å². The highest BCUT2D eigenvalue weighted by Gasteiger charge is 2.36. The summed E-state index contributed by atoms with van der Waals surface area (Å²) in [6, 6.07) is 6.28. The molecule has 2 aromatic heterocycles. The van der Waals surface area contributed by atoms with Crippen molar-refractivity contribution in [3.8, 4) is 11.1 Å². The van der Waals surface area contributed by atoms with Crippen molar-refractivity contribution < 1.29 is 19.4 Å². The maximum absolute atomic E-state index is 13.1. The quantitative estimate of drug-likeness (QED) is 0.498. The molecule has 0 bridgehead atoms. The Labute approximate surface area is 204 Å². The molecule has 1 fully saturated rings. The smallest absolute Gasteiger partial charge is 0.410 e. The summed E-state index contributed by atoms with van der Waals surface area (Å²) in [5.41, 5.74) is 6.61. The third kappa shape index (κ3) is 4.45. The van der Waals surface area contributed by atoms with Crippen LogP contribution in [0.15, 0.2) is 30.6 Å². The molecule has 35 heavy (non-hydrogen) atoms. The Bertz CT molecular complexity index is 1310. The van der Waals surface area contributed by atoms with Gasteiger partial charge in [0.1, 0.15) is 11.2 Å². The molecule has 0 aliphatic carbocycles. The molecule has 2 aliphatic heterocycles. The number of nitrogens with zero attached hydrogens (tertiary/aromatic N) is 3. The van der Waals surface area contributed by atoms with E-state index in [1.54, 1.807) is 0 Å². The maximum Gasteiger partial charge on any atom is 0.410 e. The van der Waals surface area contributed by atoms with E-state index >= 15 is 0 Å². The fourth-order valence-electron chi connectivity index (χ4n) is 5.25. The van der Waals surface area contributed by atoms with E-state index in [0.29, 0.717) is 26.1 Å². The second kappa shape index (κ2) is 8.59. The molecule has 3 aromatic rings. The number of likely N-dealkylation sites (tertiary alicyclic amines) is 1. The summed E-state index contributed by atoms with van der Waals surface area (Å²) in [6.45, 7) is 9.07. The lowest BCUT2D eigenvalue weighted by atomic mass is 9.87. The molecular formula is C27H32N4O4. The van der Waals surface area contributed by atoms with Gasteiger partial charge in [0.05, 0.1) is 6.04 Å². The van der Waals surface area contributed by atoms with Crippen LogP contribution in [0.25, 0.3) is 22.2 Å². The average molecular weight is 477 g/mol. The molecule has 5 rings (SSSR count). The fraction of sp³-hybridized carbons (Fsp3) is 0.444. The van der Waals surface area contributed by atoms with Crippen LogP contribution in [0.3, 0.4) is 0 Å². The van der Waals surface area contributed by atoms with Crippen molar-refractivity contribution in [1.29, 1.82) is 0 Å². The van der Waals surface area contributed by atoms with Gasteiger partial charge in [-0.05, 0) is 86.9 Å². The number of hydrogen-bond acceptors (Lipinski definition) is 4. The molecule has 1 aromatic carbocycles. The van der Waals surface area contributed by atoms with Crippen LogP contribution < -0.4 is 0 Å². The molecule has 0 saturated carbocycles. The molecule has 2 N–H and O–H groups in total. The third-order valence-electron chi connectivity index (χ3n) is 6.96. The number of pyridine rings is 1. The molecule has 4 heterocycles. The zero-order valence-electron chi connectivity index (χ0n) is 20.7. The van der Waals surface area contributed by atoms with Crippen molar-refractivity contribution in [3.05, 3.63) is 52.8 Å². The second-order valence-corrected chi connectivity index (χ2v) is 10.6. The Balaban J connectivity index is 1.61. The van der Waals surface area contributed by atoms with Crippen LogP contribution in [0.2, 0.25) is 0 Å². The minimum atomic E-state index is -0.918. The van der Waals surface area contributed by atoms with E-state index in [-0.39, 0.29) is 12.1 Å². The highest BCUT2D eigenvalue weighted by molar-refractivity contribution is 5.84. The zero-order chi connectivity index (χ0) is 24.9. The van der Waals surface area contributed by atoms with Crippen LogP contribution in [0, 0.1) is 6.92 Å². The molecule has 1 atom stereocenters. The molecule has 0 radical (unpaired) electrons. The lowest BCUT2D eigenvalue weighted by molar-refractivity contribution is 0.0223. The number of ether oxygens (including phenoxy) is 1. The highest BCUT2D eigenvalue weighted by atomic mass is 16.6. The monoisotopic (exact) mass is 476 g/mol. The lowest BCUT2D eigenvalue weighted by Crippen LogP contribution is -2.38. The highest BCUT2D eigenvalue weighted by Crippen LogP contribution is 2.40. The van der Waals surface area contributed by atoms with Gasteiger partial charge in [-0.15, -0.1) is 0 Å². The maximum atomic E-state index is 13.1. The summed E-state index contributed by atoms with van der Waals surface area (Å²) in [4.78, 5) is 35.9. The van der Waals surface area contributed by atoms with E-state index in [4.69, 9.17) is 4.74 Å². The number of carbonyl (C=O) groups is 2. The number of carbonyl (C=O) groups excluding carboxylic acids is 1. The van der Waals surface area contributed by atoms with Crippen LogP contribution in [0.5, 0.6) is 0 Å². The Morgan fingerprint density at radius 2 is 1.97 bits per heavy atom. The van der Waals surface area contributed by atoms with Crippen LogP contribution in [-0.2, 0) is 17.7 Å². The van der Waals surface area contributed by atoms with Gasteiger partial charge in [0, 0.05) is 43.0 Å². The first-order valence-electron chi connectivity index (χ1n) is 12.2. The molecule has 1 saturated heterocycles. The second-order valence-electron chi connectivity index (χ2n) is 10.6. The van der Waals surface area contributed by atoms with Crippen molar-refractivity contribution in [2.24, 2.45) is 0 Å². The number of aromatic amines is 1. The number of aromatic nitrogens is 2. The van der Waals surface area contributed by atoms with E-state index in [2.05, 4.69) is 35.1 Å². The number of rotatable bonds is 2. The fourth-order valence-corrected chi connectivity index (χ4v) is 5.25. The van der Waals surface area contributed by atoms with E-state index in [1.165, 1.54) is 4.90 Å². The van der Waals surface area contributed by atoms with Gasteiger partial charge in [-0.25, -0.2) is 14.6 Å². The Kier molecular flexibility index (Phi) is 5.69. The number of aryl methyl sites for hydroxylation is 1. The van der Waals surface area contributed by atoms with Gasteiger partial charge in [0.15, 0.2) is 0 Å². The summed E-state index contributed by atoms with van der Waals surface area (Å²) in [6.07, 6.45) is 4.92. The normalized spacial score (nSPS) is 18.1. The molecule has 2 amide bonds. The zero-order valence-corrected chi connectivity index (χ0v) is 20.7. The average Bonchev–Trinajstić information content (AvgIpc) is 3.44. The molecule has 1 unspecified atom stereocenters. The summed E-state index contributed by atoms with van der Waals surface area (Å²) < 4.78 is 5.71. The van der Waals surface area contributed by atoms with Crippen molar-refractivity contribution in [3.63, 3.8) is 0 Å². The first-order valence-corrected chi connectivity index (χ1v) is 12.2. The minimum absolute atomic E-state index is 0.155. The van der Waals surface area contributed by atoms with Crippen molar-refractivity contribution in [2.45, 2.75) is 65.1 Å². The largest absolute Gasteiger partial charge is 0.465 e. The SMILES string of the molecule is Cc1c[nH]c2ncc(-c3cc4c(c(C5CCCN5C(=O)OC(C)(C)C)c3)CN(C(=O)O)CC4)cc12. The molecule has 2 aliphatic rings. The molecule has 8 nitrogen and oxygen atoms in total. The number of fused-ring (bicyclic) bond motifs is 2. The van der Waals surface area contributed by atoms with Crippen molar-refractivity contribution >= 4 is 23.2 Å². The summed E-state index contributed by atoms with van der Waals surface area (Å²) in [7, 11) is 0. The number of amides is 2. The van der Waals surface area contributed by atoms with Crippen molar-refractivity contribution in [1.82, 2.24) is 19.8 Å². The standard InChI is InChI=1S/C27H32N4O4/c1-16-13-28-24-20(16)12-19(14-29-24)18-10-17-7-9-30(25(32)33)15-22(17)21(11-18)23-6-5-8-31(23)26(34)35-27(2,3)4/h10-14,23H,5-9,15H2,1-4H3,(H,28,29)(H,32,33). The first kappa shape index (κ1) is 23.2. The summed E-state index contributed by atoms with van der Waals surface area (Å²) in [5, 5.41) is 10.7. The van der Waals surface area contributed by atoms with E-state index in [1.807, 2.05) is 38.1 Å². The molecular weight excluding hydrogens is 444 g/mol. The number of H-pyrrole nitrogens is 1. The Morgan fingerprint density at radius 3 is 2.71 bits per heavy atom. The van der Waals surface area contributed by atoms with Gasteiger partial charge in [0.25, 0.3) is 0 Å². The Hall–Kier alpha value is -3.55. The number of benzene rings is 1. The summed E-state index contributed by atoms with van der Waals surface area (Å²) >= 11 is 0. The number of nitrogens with one attached hydrogen (secondary N) is 1. The molecule has 8 heteroatoms. The molecule has 184 valence electrons. The van der Waals surface area contributed by atoms with Gasteiger partial charge in [-0.2, -0.15) is 0 Å². The van der Waals surface area contributed by atoms with Crippen LogP contribution in [0.4, 0.5) is 9.59 Å². The lowest BCUT2D eigenvalue weighted by Gasteiger charge is -2.34. The van der Waals surface area contributed by atoms with E-state index in [0.717, 1.165) is 57.3 Å². The predicted octanol–water partition coefficient (Wildman–Crippen LogP) is 5.65. The predicted molar refractivity (Wildman–Crippen MR) is 133 cm³/mol. The third-order valence-corrected chi connectivity index (χ3v) is 6.96. The minimum Gasteiger partial charge on any atom is -0.465 e. The summed E-state index contributed by atoms with van der Waals surface area (Å²) in [5.74, 6) is 0. The van der Waals surface area contributed by atoms with Gasteiger partial charge < -0.3 is 24.6 Å². The van der Waals surface area contributed by atoms with Crippen LogP contribution >= 0.6 is 0 Å². The van der Waals surface area contributed by atoms with Crippen molar-refractivity contribution in [2.75, 3.05) is 13.1 Å². The van der Waals surface area contributed by atoms with Gasteiger partial charge in [-0.1, -0.05) is 6.07 Å². The van der Waals surface area contributed by atoms with Gasteiger partial charge in [-0.3, -0.25) is 0 Å².